The van der Waals surface area contributed by atoms with E-state index in [0.717, 1.165) is 18.8 Å². The minimum Gasteiger partial charge on any atom is -0.312 e. The van der Waals surface area contributed by atoms with Crippen molar-refractivity contribution < 1.29 is 4.39 Å². The first-order valence-electron chi connectivity index (χ1n) is 4.50. The maximum atomic E-state index is 11.7. The second-order valence-electron chi connectivity index (χ2n) is 3.13. The predicted octanol–water partition coefficient (Wildman–Crippen LogP) is 1.18. The smallest absolute Gasteiger partial charge is 0.0906 e. The molecule has 0 spiro atoms. The Morgan fingerprint density at radius 2 is 2.38 bits per heavy atom. The van der Waals surface area contributed by atoms with Crippen LogP contribution in [0.5, 0.6) is 0 Å². The quantitative estimate of drug-likeness (QED) is 0.698. The van der Waals surface area contributed by atoms with Crippen LogP contribution in [0.25, 0.3) is 0 Å². The Morgan fingerprint density at radius 1 is 1.62 bits per heavy atom. The average molecular weight is 185 g/mol. The standard InChI is InChI=1S/C9H16FN3/c1-8-9(7-13(2)12-8)6-11-5-3-4-10/h7,11H,3-6H2,1-2H3. The van der Waals surface area contributed by atoms with Gasteiger partial charge in [-0.05, 0) is 19.9 Å². The summed E-state index contributed by atoms with van der Waals surface area (Å²) < 4.78 is 13.5. The van der Waals surface area contributed by atoms with Crippen LogP contribution in [0.1, 0.15) is 17.7 Å². The topological polar surface area (TPSA) is 29.9 Å². The van der Waals surface area contributed by atoms with Gasteiger partial charge in [0.2, 0.25) is 0 Å². The molecule has 3 nitrogen and oxygen atoms in total. The largest absolute Gasteiger partial charge is 0.312 e. The van der Waals surface area contributed by atoms with E-state index in [1.54, 1.807) is 4.68 Å². The van der Waals surface area contributed by atoms with E-state index in [1.807, 2.05) is 20.2 Å². The maximum Gasteiger partial charge on any atom is 0.0906 e. The number of aryl methyl sites for hydroxylation is 2. The fourth-order valence-corrected chi connectivity index (χ4v) is 1.24. The first-order chi connectivity index (χ1) is 6.24. The Hall–Kier alpha value is -0.900. The van der Waals surface area contributed by atoms with Gasteiger partial charge in [0.1, 0.15) is 0 Å². The molecule has 0 aromatic carbocycles. The zero-order valence-corrected chi connectivity index (χ0v) is 8.18. The highest BCUT2D eigenvalue weighted by Crippen LogP contribution is 2.03. The second kappa shape index (κ2) is 4.97. The average Bonchev–Trinajstić information content (AvgIpc) is 2.39. The predicted molar refractivity (Wildman–Crippen MR) is 50.2 cm³/mol. The fraction of sp³-hybridized carbons (Fsp3) is 0.667. The Morgan fingerprint density at radius 3 is 2.92 bits per heavy atom. The lowest BCUT2D eigenvalue weighted by molar-refractivity contribution is 0.459. The highest BCUT2D eigenvalue weighted by molar-refractivity contribution is 5.14. The molecule has 0 unspecified atom stereocenters. The number of alkyl halides is 1. The summed E-state index contributed by atoms with van der Waals surface area (Å²) in [6, 6.07) is 0. The Labute approximate surface area is 77.9 Å². The molecule has 0 fully saturated rings. The summed E-state index contributed by atoms with van der Waals surface area (Å²) in [5.41, 5.74) is 2.22. The molecule has 0 aliphatic heterocycles. The zero-order chi connectivity index (χ0) is 9.68. The van der Waals surface area contributed by atoms with Crippen LogP contribution >= 0.6 is 0 Å². The highest BCUT2D eigenvalue weighted by Gasteiger charge is 2.01. The highest BCUT2D eigenvalue weighted by atomic mass is 19.1. The molecule has 0 atom stereocenters. The monoisotopic (exact) mass is 185 g/mol. The molecule has 1 N–H and O–H groups in total. The molecule has 13 heavy (non-hydrogen) atoms. The summed E-state index contributed by atoms with van der Waals surface area (Å²) in [4.78, 5) is 0. The van der Waals surface area contributed by atoms with Gasteiger partial charge in [-0.3, -0.25) is 9.07 Å². The molecule has 0 saturated carbocycles. The molecule has 0 aliphatic rings. The van der Waals surface area contributed by atoms with Crippen LogP contribution in [-0.4, -0.2) is 23.0 Å². The van der Waals surface area contributed by atoms with Gasteiger partial charge in [0, 0.05) is 25.4 Å². The van der Waals surface area contributed by atoms with Gasteiger partial charge in [-0.1, -0.05) is 0 Å². The van der Waals surface area contributed by atoms with Crippen molar-refractivity contribution in [2.24, 2.45) is 7.05 Å². The first-order valence-corrected chi connectivity index (χ1v) is 4.50. The molecule has 0 aliphatic carbocycles. The van der Waals surface area contributed by atoms with Gasteiger partial charge in [-0.2, -0.15) is 5.10 Å². The molecule has 1 rings (SSSR count). The van der Waals surface area contributed by atoms with Gasteiger partial charge >= 0.3 is 0 Å². The van der Waals surface area contributed by atoms with Crippen LogP contribution in [0.2, 0.25) is 0 Å². The maximum absolute atomic E-state index is 11.7. The van der Waals surface area contributed by atoms with E-state index < -0.39 is 0 Å². The summed E-state index contributed by atoms with van der Waals surface area (Å²) in [5.74, 6) is 0. The van der Waals surface area contributed by atoms with Crippen LogP contribution in [-0.2, 0) is 13.6 Å². The lowest BCUT2D eigenvalue weighted by atomic mass is 10.2. The summed E-state index contributed by atoms with van der Waals surface area (Å²) in [5, 5.41) is 7.38. The fourth-order valence-electron chi connectivity index (χ4n) is 1.24. The molecule has 0 saturated heterocycles. The Kier molecular flexibility index (Phi) is 3.89. The number of nitrogens with one attached hydrogen (secondary N) is 1. The van der Waals surface area contributed by atoms with E-state index >= 15 is 0 Å². The SMILES string of the molecule is Cc1nn(C)cc1CNCCCF. The van der Waals surface area contributed by atoms with Gasteiger partial charge in [0.05, 0.1) is 12.4 Å². The first kappa shape index (κ1) is 10.2. The van der Waals surface area contributed by atoms with Crippen molar-refractivity contribution in [3.8, 4) is 0 Å². The van der Waals surface area contributed by atoms with Crippen molar-refractivity contribution in [1.29, 1.82) is 0 Å². The van der Waals surface area contributed by atoms with Crippen molar-refractivity contribution in [1.82, 2.24) is 15.1 Å². The van der Waals surface area contributed by atoms with Crippen LogP contribution in [0, 0.1) is 6.92 Å². The molecule has 0 amide bonds. The summed E-state index contributed by atoms with van der Waals surface area (Å²) in [7, 11) is 1.90. The number of rotatable bonds is 5. The zero-order valence-electron chi connectivity index (χ0n) is 8.18. The molecule has 1 aromatic rings. The number of nitrogens with zero attached hydrogens (tertiary/aromatic N) is 2. The number of halogens is 1. The van der Waals surface area contributed by atoms with Crippen molar-refractivity contribution in [3.05, 3.63) is 17.5 Å². The van der Waals surface area contributed by atoms with E-state index in [2.05, 4.69) is 10.4 Å². The molecule has 0 radical (unpaired) electrons. The van der Waals surface area contributed by atoms with Crippen molar-refractivity contribution in [3.63, 3.8) is 0 Å². The lowest BCUT2D eigenvalue weighted by Gasteiger charge is -2.00. The van der Waals surface area contributed by atoms with Crippen LogP contribution in [0.4, 0.5) is 4.39 Å². The van der Waals surface area contributed by atoms with E-state index in [0.29, 0.717) is 6.42 Å². The lowest BCUT2D eigenvalue weighted by Crippen LogP contribution is -2.15. The minimum atomic E-state index is -0.251. The van der Waals surface area contributed by atoms with E-state index in [9.17, 15) is 4.39 Å². The van der Waals surface area contributed by atoms with E-state index in [1.165, 1.54) is 5.56 Å². The molecule has 1 aromatic heterocycles. The second-order valence-corrected chi connectivity index (χ2v) is 3.13. The Bertz CT molecular complexity index is 257. The summed E-state index contributed by atoms with van der Waals surface area (Å²) >= 11 is 0. The molecular formula is C9H16FN3. The van der Waals surface area contributed by atoms with Crippen molar-refractivity contribution in [2.75, 3.05) is 13.2 Å². The normalized spacial score (nSPS) is 10.7. The Balaban J connectivity index is 2.32. The van der Waals surface area contributed by atoms with E-state index in [-0.39, 0.29) is 6.67 Å². The van der Waals surface area contributed by atoms with Gasteiger partial charge < -0.3 is 5.32 Å². The third-order valence-corrected chi connectivity index (χ3v) is 1.92. The number of hydrogen-bond donors (Lipinski definition) is 1. The molecular weight excluding hydrogens is 169 g/mol. The van der Waals surface area contributed by atoms with Gasteiger partial charge in [0.25, 0.3) is 0 Å². The summed E-state index contributed by atoms with van der Waals surface area (Å²) in [6.45, 7) is 3.23. The summed E-state index contributed by atoms with van der Waals surface area (Å²) in [6.07, 6.45) is 2.57. The van der Waals surface area contributed by atoms with Gasteiger partial charge in [-0.25, -0.2) is 0 Å². The van der Waals surface area contributed by atoms with Crippen molar-refractivity contribution >= 4 is 0 Å². The molecule has 0 bridgehead atoms. The number of hydrogen-bond acceptors (Lipinski definition) is 2. The minimum absolute atomic E-state index is 0.251. The van der Waals surface area contributed by atoms with Crippen molar-refractivity contribution in [2.45, 2.75) is 19.9 Å². The third-order valence-electron chi connectivity index (χ3n) is 1.92. The van der Waals surface area contributed by atoms with Gasteiger partial charge in [0.15, 0.2) is 0 Å². The van der Waals surface area contributed by atoms with Crippen LogP contribution in [0.3, 0.4) is 0 Å². The molecule has 1 heterocycles. The third kappa shape index (κ3) is 3.14. The van der Waals surface area contributed by atoms with Gasteiger partial charge in [-0.15, -0.1) is 0 Å². The van der Waals surface area contributed by atoms with E-state index in [4.69, 9.17) is 0 Å². The molecule has 4 heteroatoms. The number of aromatic nitrogens is 2. The van der Waals surface area contributed by atoms with Crippen LogP contribution < -0.4 is 5.32 Å². The van der Waals surface area contributed by atoms with Crippen LogP contribution in [0.15, 0.2) is 6.20 Å². The molecule has 74 valence electrons.